The number of aromatic nitrogens is 4. The van der Waals surface area contributed by atoms with Gasteiger partial charge in [-0.3, -0.25) is 9.97 Å². The van der Waals surface area contributed by atoms with Gasteiger partial charge in [-0.25, -0.2) is 9.97 Å². The number of nitrogens with one attached hydrogen (secondary N) is 1. The molecule has 2 aromatic heterocycles. The Hall–Kier alpha value is -3.80. The smallest absolute Gasteiger partial charge is 0.223 e. The molecule has 4 rings (SSSR count). The molecule has 4 aromatic rings. The summed E-state index contributed by atoms with van der Waals surface area (Å²) >= 11 is 0. The molecule has 6 nitrogen and oxygen atoms in total. The Morgan fingerprint density at radius 3 is 2.34 bits per heavy atom. The van der Waals surface area contributed by atoms with Gasteiger partial charge in [0.25, 0.3) is 0 Å². The molecular weight excluding hydrogens is 362 g/mol. The largest absolute Gasteiger partial charge is 0.508 e. The van der Waals surface area contributed by atoms with E-state index in [1.165, 1.54) is 5.56 Å². The second-order valence-electron chi connectivity index (χ2n) is 6.74. The van der Waals surface area contributed by atoms with Gasteiger partial charge in [-0.2, -0.15) is 0 Å². The number of phenolic OH excluding ortho intramolecular Hbond substituents is 1. The van der Waals surface area contributed by atoms with Gasteiger partial charge in [0.05, 0.1) is 11.4 Å². The maximum atomic E-state index is 9.60. The molecule has 0 fully saturated rings. The van der Waals surface area contributed by atoms with Crippen LogP contribution in [0.5, 0.6) is 5.75 Å². The fraction of sp³-hybridized carbons (Fsp3) is 0.130. The molecule has 0 radical (unpaired) electrons. The maximum Gasteiger partial charge on any atom is 0.223 e. The van der Waals surface area contributed by atoms with Crippen molar-refractivity contribution in [3.8, 4) is 28.1 Å². The lowest BCUT2D eigenvalue weighted by molar-refractivity contribution is 0.475. The SMILES string of the molecule is Cc1ccc(-c2nc(NCCc3cnccn3)ncc2-c2ccc(O)cc2)cc1. The van der Waals surface area contributed by atoms with E-state index in [1.807, 2.05) is 18.3 Å². The van der Waals surface area contributed by atoms with E-state index in [-0.39, 0.29) is 5.75 Å². The number of phenols is 1. The van der Waals surface area contributed by atoms with E-state index in [1.54, 1.807) is 30.7 Å². The number of benzene rings is 2. The van der Waals surface area contributed by atoms with Crippen LogP contribution in [0, 0.1) is 6.92 Å². The minimum Gasteiger partial charge on any atom is -0.508 e. The van der Waals surface area contributed by atoms with Gasteiger partial charge in [-0.05, 0) is 24.6 Å². The van der Waals surface area contributed by atoms with Crippen LogP contribution in [0.3, 0.4) is 0 Å². The van der Waals surface area contributed by atoms with Crippen LogP contribution in [0.2, 0.25) is 0 Å². The van der Waals surface area contributed by atoms with Crippen LogP contribution in [0.15, 0.2) is 73.3 Å². The molecule has 2 N–H and O–H groups in total. The summed E-state index contributed by atoms with van der Waals surface area (Å²) in [5.74, 6) is 0.792. The van der Waals surface area contributed by atoms with E-state index in [0.717, 1.165) is 34.5 Å². The number of anilines is 1. The average molecular weight is 383 g/mol. The van der Waals surface area contributed by atoms with Crippen LogP contribution in [0.1, 0.15) is 11.3 Å². The Balaban J connectivity index is 1.63. The summed E-state index contributed by atoms with van der Waals surface area (Å²) < 4.78 is 0. The normalized spacial score (nSPS) is 10.7. The van der Waals surface area contributed by atoms with Crippen molar-refractivity contribution in [2.24, 2.45) is 0 Å². The Morgan fingerprint density at radius 2 is 1.62 bits per heavy atom. The van der Waals surface area contributed by atoms with Crippen molar-refractivity contribution in [2.75, 3.05) is 11.9 Å². The second kappa shape index (κ2) is 8.48. The lowest BCUT2D eigenvalue weighted by atomic mass is 10.00. The van der Waals surface area contributed by atoms with Crippen molar-refractivity contribution >= 4 is 5.95 Å². The fourth-order valence-corrected chi connectivity index (χ4v) is 3.01. The zero-order chi connectivity index (χ0) is 20.1. The maximum absolute atomic E-state index is 9.60. The molecule has 2 heterocycles. The van der Waals surface area contributed by atoms with E-state index in [2.05, 4.69) is 51.5 Å². The Kier molecular flexibility index (Phi) is 5.42. The fourth-order valence-electron chi connectivity index (χ4n) is 3.01. The predicted molar refractivity (Wildman–Crippen MR) is 114 cm³/mol. The van der Waals surface area contributed by atoms with E-state index in [4.69, 9.17) is 4.98 Å². The second-order valence-corrected chi connectivity index (χ2v) is 6.74. The summed E-state index contributed by atoms with van der Waals surface area (Å²) in [6.07, 6.45) is 7.66. The van der Waals surface area contributed by atoms with Crippen LogP contribution in [0.25, 0.3) is 22.4 Å². The highest BCUT2D eigenvalue weighted by Gasteiger charge is 2.12. The molecule has 0 atom stereocenters. The molecule has 144 valence electrons. The van der Waals surface area contributed by atoms with Gasteiger partial charge in [0.1, 0.15) is 5.75 Å². The average Bonchev–Trinajstić information content (AvgIpc) is 2.76. The van der Waals surface area contributed by atoms with Crippen LogP contribution >= 0.6 is 0 Å². The van der Waals surface area contributed by atoms with Crippen molar-refractivity contribution in [3.63, 3.8) is 0 Å². The first-order valence-electron chi connectivity index (χ1n) is 9.41. The lowest BCUT2D eigenvalue weighted by Gasteiger charge is -2.12. The first-order chi connectivity index (χ1) is 14.2. The number of hydrogen-bond acceptors (Lipinski definition) is 6. The van der Waals surface area contributed by atoms with Gasteiger partial charge in [0.15, 0.2) is 0 Å². The van der Waals surface area contributed by atoms with Crippen LogP contribution < -0.4 is 5.32 Å². The molecule has 0 aliphatic heterocycles. The summed E-state index contributed by atoms with van der Waals surface area (Å²) in [7, 11) is 0. The molecule has 0 bridgehead atoms. The van der Waals surface area contributed by atoms with Gasteiger partial charge in [-0.1, -0.05) is 42.0 Å². The molecule has 0 unspecified atom stereocenters. The van der Waals surface area contributed by atoms with Gasteiger partial charge < -0.3 is 10.4 Å². The van der Waals surface area contributed by atoms with Gasteiger partial charge in [0, 0.05) is 48.9 Å². The highest BCUT2D eigenvalue weighted by Crippen LogP contribution is 2.31. The monoisotopic (exact) mass is 383 g/mol. The standard InChI is InChI=1S/C23H21N5O/c1-16-2-4-18(5-3-16)22-21(17-6-8-20(29)9-7-17)15-27-23(28-22)26-11-10-19-14-24-12-13-25-19/h2-9,12-15,29H,10-11H2,1H3,(H,26,27,28). The molecule has 0 spiro atoms. The van der Waals surface area contributed by atoms with E-state index >= 15 is 0 Å². The van der Waals surface area contributed by atoms with Gasteiger partial charge >= 0.3 is 0 Å². The summed E-state index contributed by atoms with van der Waals surface area (Å²) in [6, 6.07) is 15.3. The van der Waals surface area contributed by atoms with Gasteiger partial charge in [-0.15, -0.1) is 0 Å². The number of aromatic hydroxyl groups is 1. The highest BCUT2D eigenvalue weighted by molar-refractivity contribution is 5.81. The Labute approximate surface area is 169 Å². The first-order valence-corrected chi connectivity index (χ1v) is 9.41. The lowest BCUT2D eigenvalue weighted by Crippen LogP contribution is -2.09. The topological polar surface area (TPSA) is 83.8 Å². The minimum absolute atomic E-state index is 0.230. The zero-order valence-corrected chi connectivity index (χ0v) is 16.1. The first kappa shape index (κ1) is 18.6. The van der Waals surface area contributed by atoms with Crippen LogP contribution in [-0.4, -0.2) is 31.6 Å². The predicted octanol–water partition coefficient (Wildman–Crippen LogP) is 4.27. The van der Waals surface area contributed by atoms with E-state index in [9.17, 15) is 5.11 Å². The summed E-state index contributed by atoms with van der Waals surface area (Å²) in [6.45, 7) is 2.72. The molecule has 0 aliphatic rings. The number of nitrogens with zero attached hydrogens (tertiary/aromatic N) is 4. The molecule has 2 aromatic carbocycles. The summed E-state index contributed by atoms with van der Waals surface area (Å²) in [5.41, 5.74) is 5.82. The zero-order valence-electron chi connectivity index (χ0n) is 16.1. The quantitative estimate of drug-likeness (QED) is 0.517. The van der Waals surface area contributed by atoms with Crippen molar-refractivity contribution in [2.45, 2.75) is 13.3 Å². The van der Waals surface area contributed by atoms with Crippen LogP contribution in [0.4, 0.5) is 5.95 Å². The third kappa shape index (κ3) is 4.55. The highest BCUT2D eigenvalue weighted by atomic mass is 16.3. The molecule has 0 amide bonds. The van der Waals surface area contributed by atoms with Crippen molar-refractivity contribution in [1.82, 2.24) is 19.9 Å². The number of hydrogen-bond donors (Lipinski definition) is 2. The number of rotatable bonds is 6. The van der Waals surface area contributed by atoms with Crippen molar-refractivity contribution < 1.29 is 5.11 Å². The summed E-state index contributed by atoms with van der Waals surface area (Å²) in [5, 5.41) is 12.9. The van der Waals surface area contributed by atoms with Gasteiger partial charge in [0.2, 0.25) is 5.95 Å². The van der Waals surface area contributed by atoms with Crippen LogP contribution in [-0.2, 0) is 6.42 Å². The molecule has 0 saturated carbocycles. The van der Waals surface area contributed by atoms with Crippen molar-refractivity contribution in [3.05, 3.63) is 84.6 Å². The van der Waals surface area contributed by atoms with E-state index < -0.39 is 0 Å². The third-order valence-corrected chi connectivity index (χ3v) is 4.57. The molecule has 0 saturated heterocycles. The molecule has 29 heavy (non-hydrogen) atoms. The van der Waals surface area contributed by atoms with Crippen molar-refractivity contribution in [1.29, 1.82) is 0 Å². The number of aryl methyl sites for hydroxylation is 1. The Morgan fingerprint density at radius 1 is 0.862 bits per heavy atom. The minimum atomic E-state index is 0.230. The molecular formula is C23H21N5O. The molecule has 0 aliphatic carbocycles. The molecule has 6 heteroatoms. The third-order valence-electron chi connectivity index (χ3n) is 4.57. The summed E-state index contributed by atoms with van der Waals surface area (Å²) in [4.78, 5) is 17.6. The Bertz CT molecular complexity index is 1080. The van der Waals surface area contributed by atoms with E-state index in [0.29, 0.717) is 12.5 Å².